The highest BCUT2D eigenvalue weighted by Gasteiger charge is 2.31. The molecular weight excluding hydrogens is 617 g/mol. The van der Waals surface area contributed by atoms with Crippen LogP contribution in [0.25, 0.3) is 0 Å². The van der Waals surface area contributed by atoms with Crippen LogP contribution in [0.15, 0.2) is 158 Å². The van der Waals surface area contributed by atoms with E-state index in [2.05, 4.69) is 216 Å². The van der Waals surface area contributed by atoms with Crippen LogP contribution in [0, 0.1) is 20.5 Å². The van der Waals surface area contributed by atoms with Gasteiger partial charge in [0, 0.05) is 36.1 Å². The maximum Gasteiger partial charge on any atom is 0.150 e. The van der Waals surface area contributed by atoms with Crippen LogP contribution in [0.5, 0.6) is 0 Å². The third kappa shape index (κ3) is 7.01. The molecule has 51 heavy (non-hydrogen) atoms. The van der Waals surface area contributed by atoms with Gasteiger partial charge in [0.1, 0.15) is 0 Å². The molecule has 1 aliphatic heterocycles. The van der Waals surface area contributed by atoms with Gasteiger partial charge in [0.2, 0.25) is 0 Å². The maximum atomic E-state index is 2.40. The molecule has 6 aromatic carbocycles. The molecule has 255 valence electrons. The Morgan fingerprint density at radius 3 is 0.824 bits per heavy atom. The molecule has 0 spiro atoms. The van der Waals surface area contributed by atoms with Gasteiger partial charge < -0.3 is 9.80 Å². The zero-order valence-electron chi connectivity index (χ0n) is 30.8. The highest BCUT2D eigenvalue weighted by atomic mass is 15.3. The summed E-state index contributed by atoms with van der Waals surface area (Å²) < 4.78 is 0. The lowest BCUT2D eigenvalue weighted by atomic mass is 9.83. The largest absolute Gasteiger partial charge is 0.321 e. The van der Waals surface area contributed by atoms with Crippen LogP contribution in [0.4, 0.5) is 11.4 Å². The SMILES string of the molecule is Cc1cc([C@@H](C)c2ccccc2)c(N2[CH]N(c3c([C@@H](C)c4ccccc4)cc(C)cc3[C@@H](C)c3ccccc3)C=C2)c([C@@H](C)c2ccccc2)c1. The molecule has 0 fully saturated rings. The molecule has 2 nitrogen and oxygen atoms in total. The first-order valence-electron chi connectivity index (χ1n) is 18.4. The summed E-state index contributed by atoms with van der Waals surface area (Å²) in [5.74, 6) is 0.835. The summed E-state index contributed by atoms with van der Waals surface area (Å²) in [6, 6.07) is 53.3. The highest BCUT2D eigenvalue weighted by molar-refractivity contribution is 5.75. The monoisotopic (exact) mass is 665 g/mol. The van der Waals surface area contributed by atoms with Crippen molar-refractivity contribution in [2.75, 3.05) is 9.80 Å². The first kappa shape index (κ1) is 34.1. The van der Waals surface area contributed by atoms with E-state index in [4.69, 9.17) is 0 Å². The average molecular weight is 666 g/mol. The van der Waals surface area contributed by atoms with Crippen LogP contribution in [-0.2, 0) is 0 Å². The van der Waals surface area contributed by atoms with Crippen molar-refractivity contribution in [2.24, 2.45) is 0 Å². The van der Waals surface area contributed by atoms with Crippen molar-refractivity contribution in [1.29, 1.82) is 0 Å². The molecule has 0 bridgehead atoms. The normalized spacial score (nSPS) is 15.1. The maximum absolute atomic E-state index is 2.40. The third-order valence-electron chi connectivity index (χ3n) is 10.8. The molecule has 6 aromatic rings. The fourth-order valence-electron chi connectivity index (χ4n) is 7.89. The van der Waals surface area contributed by atoms with Gasteiger partial charge in [-0.15, -0.1) is 0 Å². The van der Waals surface area contributed by atoms with Gasteiger partial charge in [0.25, 0.3) is 0 Å². The van der Waals surface area contributed by atoms with Crippen molar-refractivity contribution in [3.05, 3.63) is 220 Å². The molecule has 0 saturated carbocycles. The molecule has 1 radical (unpaired) electrons. The molecule has 1 aliphatic rings. The molecule has 0 N–H and O–H groups in total. The van der Waals surface area contributed by atoms with E-state index in [0.29, 0.717) is 0 Å². The number of hydrogen-bond acceptors (Lipinski definition) is 2. The van der Waals surface area contributed by atoms with Gasteiger partial charge in [-0.05, 0) is 58.4 Å². The second-order valence-corrected chi connectivity index (χ2v) is 14.3. The predicted octanol–water partition coefficient (Wildman–Crippen LogP) is 12.8. The fraction of sp³-hybridized carbons (Fsp3) is 0.204. The molecule has 0 aromatic heterocycles. The number of anilines is 2. The Bertz CT molecular complexity index is 1820. The van der Waals surface area contributed by atoms with Crippen molar-refractivity contribution in [2.45, 2.75) is 65.2 Å². The van der Waals surface area contributed by atoms with Gasteiger partial charge in [-0.2, -0.15) is 0 Å². The molecule has 4 atom stereocenters. The topological polar surface area (TPSA) is 6.48 Å². The summed E-state index contributed by atoms with van der Waals surface area (Å²) >= 11 is 0. The van der Waals surface area contributed by atoms with Crippen LogP contribution in [0.3, 0.4) is 0 Å². The van der Waals surface area contributed by atoms with Gasteiger partial charge in [-0.25, -0.2) is 0 Å². The summed E-state index contributed by atoms with van der Waals surface area (Å²) in [6.45, 7) is 16.2. The third-order valence-corrected chi connectivity index (χ3v) is 10.8. The van der Waals surface area contributed by atoms with Gasteiger partial charge in [-0.1, -0.05) is 184 Å². The smallest absolute Gasteiger partial charge is 0.150 e. The van der Waals surface area contributed by atoms with Crippen molar-refractivity contribution >= 4 is 11.4 Å². The number of benzene rings is 6. The van der Waals surface area contributed by atoms with Gasteiger partial charge in [0.15, 0.2) is 6.67 Å². The van der Waals surface area contributed by atoms with Crippen LogP contribution >= 0.6 is 0 Å². The molecule has 1 heterocycles. The number of hydrogen-bond donors (Lipinski definition) is 0. The van der Waals surface area contributed by atoms with Crippen molar-refractivity contribution in [1.82, 2.24) is 0 Å². The van der Waals surface area contributed by atoms with Crippen molar-refractivity contribution in [3.8, 4) is 0 Å². The predicted molar refractivity (Wildman–Crippen MR) is 217 cm³/mol. The Hall–Kier alpha value is -5.34. The Morgan fingerprint density at radius 1 is 0.353 bits per heavy atom. The molecule has 0 saturated heterocycles. The zero-order valence-corrected chi connectivity index (χ0v) is 30.8. The quantitative estimate of drug-likeness (QED) is 0.144. The molecule has 0 amide bonds. The van der Waals surface area contributed by atoms with Crippen molar-refractivity contribution < 1.29 is 0 Å². The van der Waals surface area contributed by atoms with E-state index in [1.165, 1.54) is 67.0 Å². The van der Waals surface area contributed by atoms with E-state index < -0.39 is 0 Å². The van der Waals surface area contributed by atoms with E-state index in [0.717, 1.165) is 0 Å². The van der Waals surface area contributed by atoms with Crippen LogP contribution in [-0.4, -0.2) is 0 Å². The van der Waals surface area contributed by atoms with Crippen LogP contribution in [0.1, 0.15) is 107 Å². The Labute approximate surface area is 305 Å². The van der Waals surface area contributed by atoms with E-state index in [9.17, 15) is 0 Å². The number of aryl methyl sites for hydroxylation is 2. The fourth-order valence-corrected chi connectivity index (χ4v) is 7.89. The zero-order chi connectivity index (χ0) is 35.5. The summed E-state index contributed by atoms with van der Waals surface area (Å²) in [7, 11) is 0. The minimum Gasteiger partial charge on any atom is -0.321 e. The minimum atomic E-state index is 0.209. The molecule has 2 heteroatoms. The van der Waals surface area contributed by atoms with Crippen LogP contribution in [0.2, 0.25) is 0 Å². The average Bonchev–Trinajstić information content (AvgIpc) is 3.66. The number of nitrogens with zero attached hydrogens (tertiary/aromatic N) is 2. The summed E-state index contributed by atoms with van der Waals surface area (Å²) in [5, 5.41) is 0. The summed E-state index contributed by atoms with van der Waals surface area (Å²) in [6.07, 6.45) is 4.53. The van der Waals surface area contributed by atoms with Gasteiger partial charge in [0.05, 0.1) is 11.4 Å². The van der Waals surface area contributed by atoms with E-state index in [-0.39, 0.29) is 23.7 Å². The van der Waals surface area contributed by atoms with E-state index >= 15 is 0 Å². The second-order valence-electron chi connectivity index (χ2n) is 14.3. The molecule has 0 aliphatic carbocycles. The lowest BCUT2D eigenvalue weighted by molar-refractivity contribution is 0.862. The molecule has 7 rings (SSSR count). The van der Waals surface area contributed by atoms with Gasteiger partial charge in [-0.3, -0.25) is 0 Å². The van der Waals surface area contributed by atoms with Gasteiger partial charge >= 0.3 is 0 Å². The lowest BCUT2D eigenvalue weighted by Crippen LogP contribution is -2.24. The van der Waals surface area contributed by atoms with E-state index in [1.807, 2.05) is 0 Å². The lowest BCUT2D eigenvalue weighted by Gasteiger charge is -2.33. The van der Waals surface area contributed by atoms with E-state index in [1.54, 1.807) is 0 Å². The molecule has 0 unspecified atom stereocenters. The first-order chi connectivity index (χ1) is 24.8. The second kappa shape index (κ2) is 14.9. The number of rotatable bonds is 10. The summed E-state index contributed by atoms with van der Waals surface area (Å²) in [5.41, 5.74) is 15.7. The standard InChI is InChI=1S/C49H49N2/c1-34-29-44(36(3)40-19-11-7-12-20-40)48(45(30-34)37(4)41-21-13-8-14-22-41)50-27-28-51(33-50)49-46(38(5)42-23-15-9-16-24-42)31-35(2)32-47(49)39(6)43-25-17-10-18-26-43/h7-33,36-39H,1-6H3/t36-,37-,38-,39-/m0/s1. The Balaban J connectivity index is 1.37. The van der Waals surface area contributed by atoms with Crippen molar-refractivity contribution in [3.63, 3.8) is 0 Å². The Kier molecular flexibility index (Phi) is 9.95. The first-order valence-corrected chi connectivity index (χ1v) is 18.4. The summed E-state index contributed by atoms with van der Waals surface area (Å²) in [4.78, 5) is 4.77. The van der Waals surface area contributed by atoms with Crippen LogP contribution < -0.4 is 9.80 Å². The Morgan fingerprint density at radius 2 is 0.588 bits per heavy atom. The minimum absolute atomic E-state index is 0.209. The molecular formula is C49H49N2. The highest BCUT2D eigenvalue weighted by Crippen LogP contribution is 2.46.